The maximum Gasteiger partial charge on any atom is 0.259 e. The van der Waals surface area contributed by atoms with Crippen LogP contribution in [0.3, 0.4) is 0 Å². The molecule has 11 heteroatoms. The Hall–Kier alpha value is -2.27. The van der Waals surface area contributed by atoms with Gasteiger partial charge in [0.2, 0.25) is 15.9 Å². The number of hydrogen-bond donors (Lipinski definition) is 1. The Balaban J connectivity index is 1.37. The third-order valence-electron chi connectivity index (χ3n) is 5.69. The Morgan fingerprint density at radius 1 is 1.22 bits per heavy atom. The zero-order chi connectivity index (χ0) is 23.0. The van der Waals surface area contributed by atoms with Crippen LogP contribution in [0.2, 0.25) is 5.02 Å². The van der Waals surface area contributed by atoms with Gasteiger partial charge in [-0.1, -0.05) is 17.7 Å². The summed E-state index contributed by atoms with van der Waals surface area (Å²) in [6.45, 7) is 4.91. The first-order chi connectivity index (χ1) is 15.2. The van der Waals surface area contributed by atoms with E-state index in [1.165, 1.54) is 27.8 Å². The van der Waals surface area contributed by atoms with Gasteiger partial charge in [0.25, 0.3) is 5.56 Å². The van der Waals surface area contributed by atoms with E-state index in [1.54, 1.807) is 17.0 Å². The zero-order valence-corrected chi connectivity index (χ0v) is 20.1. The number of fused-ring (bicyclic) bond motifs is 1. The molecule has 3 heterocycles. The number of H-pyrrole nitrogens is 1. The second kappa shape index (κ2) is 8.93. The predicted molar refractivity (Wildman–Crippen MR) is 125 cm³/mol. The molecule has 0 atom stereocenters. The van der Waals surface area contributed by atoms with Crippen molar-refractivity contribution in [2.75, 3.05) is 26.2 Å². The fourth-order valence-electron chi connectivity index (χ4n) is 3.76. The number of halogens is 1. The minimum absolute atomic E-state index is 0.0916. The number of nitrogens with one attached hydrogen (secondary N) is 1. The summed E-state index contributed by atoms with van der Waals surface area (Å²) in [4.78, 5) is 35.9. The van der Waals surface area contributed by atoms with Crippen LogP contribution in [0.15, 0.2) is 34.0 Å². The van der Waals surface area contributed by atoms with Crippen molar-refractivity contribution in [3.63, 3.8) is 0 Å². The van der Waals surface area contributed by atoms with E-state index in [0.717, 1.165) is 10.4 Å². The molecule has 0 spiro atoms. The SMILES string of the molecule is Cc1sc2nc(CCC(=O)N3CCN(S(=O)(=O)c4cccc(Cl)c4)CC3)[nH]c(=O)c2c1C. The fraction of sp³-hybridized carbons (Fsp3) is 0.381. The number of aromatic amines is 1. The Labute approximate surface area is 194 Å². The summed E-state index contributed by atoms with van der Waals surface area (Å²) >= 11 is 7.40. The number of thiophene rings is 1. The number of aryl methyl sites for hydroxylation is 3. The van der Waals surface area contributed by atoms with Crippen LogP contribution in [0.5, 0.6) is 0 Å². The minimum Gasteiger partial charge on any atom is -0.340 e. The van der Waals surface area contributed by atoms with Gasteiger partial charge >= 0.3 is 0 Å². The van der Waals surface area contributed by atoms with Crippen molar-refractivity contribution in [2.45, 2.75) is 31.6 Å². The molecule has 1 amide bonds. The van der Waals surface area contributed by atoms with Gasteiger partial charge in [-0.3, -0.25) is 9.59 Å². The average molecular weight is 495 g/mol. The summed E-state index contributed by atoms with van der Waals surface area (Å²) in [5.74, 6) is 0.394. The molecule has 1 N–H and O–H groups in total. The number of rotatable bonds is 5. The average Bonchev–Trinajstić information content (AvgIpc) is 3.06. The van der Waals surface area contributed by atoms with Crippen molar-refractivity contribution in [3.05, 3.63) is 55.9 Å². The van der Waals surface area contributed by atoms with E-state index in [4.69, 9.17) is 11.6 Å². The maximum atomic E-state index is 12.8. The van der Waals surface area contributed by atoms with Gasteiger partial charge in [-0.25, -0.2) is 13.4 Å². The molecule has 32 heavy (non-hydrogen) atoms. The van der Waals surface area contributed by atoms with Gasteiger partial charge in [0.05, 0.1) is 10.3 Å². The van der Waals surface area contributed by atoms with Gasteiger partial charge in [-0.05, 0) is 37.6 Å². The summed E-state index contributed by atoms with van der Waals surface area (Å²) < 4.78 is 27.0. The topological polar surface area (TPSA) is 103 Å². The molecule has 2 aromatic heterocycles. The third-order valence-corrected chi connectivity index (χ3v) is 8.92. The lowest BCUT2D eigenvalue weighted by Gasteiger charge is -2.34. The Kier molecular flexibility index (Phi) is 6.39. The van der Waals surface area contributed by atoms with Crippen LogP contribution in [0.1, 0.15) is 22.7 Å². The molecule has 1 saturated heterocycles. The highest BCUT2D eigenvalue weighted by Crippen LogP contribution is 2.26. The third kappa shape index (κ3) is 4.45. The number of carbonyl (C=O) groups is 1. The molecule has 1 aromatic carbocycles. The number of benzene rings is 1. The maximum absolute atomic E-state index is 12.8. The lowest BCUT2D eigenvalue weighted by atomic mass is 10.2. The molecule has 0 bridgehead atoms. The van der Waals surface area contributed by atoms with Crippen molar-refractivity contribution >= 4 is 49.1 Å². The number of carbonyl (C=O) groups excluding carboxylic acids is 1. The highest BCUT2D eigenvalue weighted by molar-refractivity contribution is 7.89. The molecule has 0 aliphatic carbocycles. The van der Waals surface area contributed by atoms with Crippen molar-refractivity contribution < 1.29 is 13.2 Å². The van der Waals surface area contributed by atoms with Crippen molar-refractivity contribution in [1.82, 2.24) is 19.2 Å². The van der Waals surface area contributed by atoms with Gasteiger partial charge in [-0.2, -0.15) is 4.31 Å². The standard InChI is InChI=1S/C21H23ClN4O4S2/c1-13-14(2)31-21-19(13)20(28)23-17(24-21)6-7-18(27)25-8-10-26(11-9-25)32(29,30)16-5-3-4-15(22)12-16/h3-5,12H,6-11H2,1-2H3,(H,23,24,28). The number of hydrogen-bond acceptors (Lipinski definition) is 6. The summed E-state index contributed by atoms with van der Waals surface area (Å²) in [5.41, 5.74) is 0.756. The highest BCUT2D eigenvalue weighted by atomic mass is 35.5. The number of aromatic nitrogens is 2. The quantitative estimate of drug-likeness (QED) is 0.587. The molecular formula is C21H23ClN4O4S2. The Bertz CT molecular complexity index is 1340. The van der Waals surface area contributed by atoms with Crippen molar-refractivity contribution in [1.29, 1.82) is 0 Å². The van der Waals surface area contributed by atoms with E-state index >= 15 is 0 Å². The molecule has 3 aromatic rings. The number of piperazine rings is 1. The van der Waals surface area contributed by atoms with Crippen LogP contribution in [0.4, 0.5) is 0 Å². The Morgan fingerprint density at radius 2 is 1.94 bits per heavy atom. The molecule has 0 radical (unpaired) electrons. The summed E-state index contributed by atoms with van der Waals surface area (Å²) in [5, 5.41) is 0.970. The molecule has 1 aliphatic heterocycles. The van der Waals surface area contributed by atoms with E-state index in [9.17, 15) is 18.0 Å². The molecule has 0 unspecified atom stereocenters. The largest absolute Gasteiger partial charge is 0.340 e. The van der Waals surface area contributed by atoms with Crippen LogP contribution < -0.4 is 5.56 Å². The number of amides is 1. The summed E-state index contributed by atoms with van der Waals surface area (Å²) in [7, 11) is -3.65. The van der Waals surface area contributed by atoms with E-state index < -0.39 is 10.0 Å². The van der Waals surface area contributed by atoms with Crippen LogP contribution >= 0.6 is 22.9 Å². The highest BCUT2D eigenvalue weighted by Gasteiger charge is 2.30. The molecule has 1 aliphatic rings. The van der Waals surface area contributed by atoms with Crippen LogP contribution in [-0.2, 0) is 21.2 Å². The summed E-state index contributed by atoms with van der Waals surface area (Å²) in [6, 6.07) is 6.16. The van der Waals surface area contributed by atoms with Crippen molar-refractivity contribution in [3.8, 4) is 0 Å². The van der Waals surface area contributed by atoms with Gasteiger partial charge in [-0.15, -0.1) is 11.3 Å². The first-order valence-electron chi connectivity index (χ1n) is 10.2. The van der Waals surface area contributed by atoms with Crippen LogP contribution in [-0.4, -0.2) is 59.7 Å². The van der Waals surface area contributed by atoms with Gasteiger partial charge in [0.15, 0.2) is 0 Å². The van der Waals surface area contributed by atoms with Crippen LogP contribution in [0.25, 0.3) is 10.2 Å². The van der Waals surface area contributed by atoms with E-state index in [2.05, 4.69) is 9.97 Å². The van der Waals surface area contributed by atoms with E-state index in [0.29, 0.717) is 40.6 Å². The lowest BCUT2D eigenvalue weighted by molar-refractivity contribution is -0.132. The lowest BCUT2D eigenvalue weighted by Crippen LogP contribution is -2.50. The monoisotopic (exact) mass is 494 g/mol. The first-order valence-corrected chi connectivity index (χ1v) is 12.8. The Morgan fingerprint density at radius 3 is 2.62 bits per heavy atom. The molecular weight excluding hydrogens is 472 g/mol. The van der Waals surface area contributed by atoms with Crippen molar-refractivity contribution in [2.24, 2.45) is 0 Å². The normalized spacial score (nSPS) is 15.4. The zero-order valence-electron chi connectivity index (χ0n) is 17.7. The van der Waals surface area contributed by atoms with E-state index in [1.807, 2.05) is 13.8 Å². The fourth-order valence-corrected chi connectivity index (χ4v) is 6.53. The minimum atomic E-state index is -3.65. The molecule has 170 valence electrons. The molecule has 8 nitrogen and oxygen atoms in total. The number of sulfonamides is 1. The molecule has 4 rings (SSSR count). The molecule has 0 saturated carbocycles. The van der Waals surface area contributed by atoms with Gasteiger partial charge < -0.3 is 9.88 Å². The smallest absolute Gasteiger partial charge is 0.259 e. The van der Waals surface area contributed by atoms with E-state index in [-0.39, 0.29) is 35.9 Å². The first kappa shape index (κ1) is 22.9. The van der Waals surface area contributed by atoms with Gasteiger partial charge in [0, 0.05) is 48.9 Å². The number of nitrogens with zero attached hydrogens (tertiary/aromatic N) is 3. The second-order valence-electron chi connectivity index (χ2n) is 7.72. The molecule has 1 fully saturated rings. The van der Waals surface area contributed by atoms with Crippen LogP contribution in [0, 0.1) is 13.8 Å². The van der Waals surface area contributed by atoms with Gasteiger partial charge in [0.1, 0.15) is 10.7 Å². The predicted octanol–water partition coefficient (Wildman–Crippen LogP) is 2.72. The summed E-state index contributed by atoms with van der Waals surface area (Å²) in [6.07, 6.45) is 0.514. The second-order valence-corrected chi connectivity index (χ2v) is 11.3.